The molecule has 3 aromatic rings. The Kier molecular flexibility index (Phi) is 5.59. The van der Waals surface area contributed by atoms with Crippen LogP contribution >= 0.6 is 11.8 Å². The number of aromatic nitrogens is 4. The molecule has 1 aromatic carbocycles. The molecule has 1 aliphatic carbocycles. The third-order valence-electron chi connectivity index (χ3n) is 4.71. The van der Waals surface area contributed by atoms with E-state index in [1.807, 2.05) is 19.9 Å². The molecule has 0 spiro atoms. The number of fused-ring (bicyclic) bond motifs is 1. The summed E-state index contributed by atoms with van der Waals surface area (Å²) in [5, 5.41) is 5.03. The topological polar surface area (TPSA) is 66.0 Å². The number of hydrogen-bond acceptors (Lipinski definition) is 6. The van der Waals surface area contributed by atoms with E-state index in [0.717, 1.165) is 23.7 Å². The summed E-state index contributed by atoms with van der Waals surface area (Å²) in [7, 11) is 0. The zero-order chi connectivity index (χ0) is 18.6. The Labute approximate surface area is 163 Å². The SMILES string of the molecule is CCOC(C)c1noc(CSc2nc3c(n2-c2ccccc2)CCCC3)n1. The van der Waals surface area contributed by atoms with Crippen LogP contribution in [-0.4, -0.2) is 26.3 Å². The number of ether oxygens (including phenoxy) is 1. The first-order chi connectivity index (χ1) is 13.3. The number of para-hydroxylation sites is 1. The molecule has 6 nitrogen and oxygen atoms in total. The van der Waals surface area contributed by atoms with Crippen LogP contribution < -0.4 is 0 Å². The van der Waals surface area contributed by atoms with Gasteiger partial charge in [0, 0.05) is 18.0 Å². The first-order valence-corrected chi connectivity index (χ1v) is 10.5. The van der Waals surface area contributed by atoms with Gasteiger partial charge in [0.25, 0.3) is 0 Å². The van der Waals surface area contributed by atoms with Gasteiger partial charge >= 0.3 is 0 Å². The van der Waals surface area contributed by atoms with Gasteiger partial charge in [-0.15, -0.1) is 0 Å². The molecule has 1 unspecified atom stereocenters. The fourth-order valence-corrected chi connectivity index (χ4v) is 4.29. The molecule has 0 aliphatic heterocycles. The van der Waals surface area contributed by atoms with Crippen LogP contribution in [0.2, 0.25) is 0 Å². The van der Waals surface area contributed by atoms with Gasteiger partial charge in [0.15, 0.2) is 11.0 Å². The van der Waals surface area contributed by atoms with E-state index in [0.29, 0.717) is 24.1 Å². The fraction of sp³-hybridized carbons (Fsp3) is 0.450. The molecule has 0 saturated carbocycles. The quantitative estimate of drug-likeness (QED) is 0.558. The van der Waals surface area contributed by atoms with Crippen LogP contribution in [0.5, 0.6) is 0 Å². The van der Waals surface area contributed by atoms with Gasteiger partial charge in [-0.3, -0.25) is 4.57 Å². The molecule has 4 rings (SSSR count). The summed E-state index contributed by atoms with van der Waals surface area (Å²) in [6, 6.07) is 10.4. The zero-order valence-electron chi connectivity index (χ0n) is 15.7. The minimum Gasteiger partial charge on any atom is -0.371 e. The Morgan fingerprint density at radius 2 is 2.00 bits per heavy atom. The molecule has 2 heterocycles. The number of aryl methyl sites for hydroxylation is 1. The normalized spacial score (nSPS) is 14.9. The van der Waals surface area contributed by atoms with Gasteiger partial charge < -0.3 is 9.26 Å². The Balaban J connectivity index is 1.56. The van der Waals surface area contributed by atoms with Gasteiger partial charge in [0.05, 0.1) is 11.4 Å². The molecule has 0 radical (unpaired) electrons. The molecule has 2 aromatic heterocycles. The van der Waals surface area contributed by atoms with E-state index in [2.05, 4.69) is 39.0 Å². The molecule has 142 valence electrons. The highest BCUT2D eigenvalue weighted by Gasteiger charge is 2.22. The van der Waals surface area contributed by atoms with Gasteiger partial charge in [-0.05, 0) is 51.7 Å². The maximum absolute atomic E-state index is 5.53. The Morgan fingerprint density at radius 3 is 2.81 bits per heavy atom. The van der Waals surface area contributed by atoms with Crippen LogP contribution in [0, 0.1) is 0 Å². The molecule has 0 amide bonds. The van der Waals surface area contributed by atoms with Crippen LogP contribution in [0.15, 0.2) is 40.0 Å². The van der Waals surface area contributed by atoms with Crippen molar-refractivity contribution in [2.24, 2.45) is 0 Å². The summed E-state index contributed by atoms with van der Waals surface area (Å²) in [4.78, 5) is 9.39. The molecule has 7 heteroatoms. The highest BCUT2D eigenvalue weighted by molar-refractivity contribution is 7.98. The van der Waals surface area contributed by atoms with Gasteiger partial charge in [-0.1, -0.05) is 35.1 Å². The second kappa shape index (κ2) is 8.27. The van der Waals surface area contributed by atoms with Crippen molar-refractivity contribution in [1.29, 1.82) is 0 Å². The molecular formula is C20H24N4O2S. The number of benzene rings is 1. The van der Waals surface area contributed by atoms with Crippen molar-refractivity contribution in [2.75, 3.05) is 6.61 Å². The summed E-state index contributed by atoms with van der Waals surface area (Å²) in [6.45, 7) is 4.51. The number of hydrogen-bond donors (Lipinski definition) is 0. The number of rotatable bonds is 7. The summed E-state index contributed by atoms with van der Waals surface area (Å²) < 4.78 is 13.2. The van der Waals surface area contributed by atoms with E-state index in [4.69, 9.17) is 14.2 Å². The highest BCUT2D eigenvalue weighted by Crippen LogP contribution is 2.32. The summed E-state index contributed by atoms with van der Waals surface area (Å²) in [6.07, 6.45) is 4.41. The average Bonchev–Trinajstić information content (AvgIpc) is 3.32. The lowest BCUT2D eigenvalue weighted by Gasteiger charge is -2.15. The first kappa shape index (κ1) is 18.3. The van der Waals surface area contributed by atoms with Crippen LogP contribution in [-0.2, 0) is 23.3 Å². The predicted octanol–water partition coefficient (Wildman–Crippen LogP) is 4.52. The molecular weight excluding hydrogens is 360 g/mol. The maximum Gasteiger partial charge on any atom is 0.237 e. The monoisotopic (exact) mass is 384 g/mol. The highest BCUT2D eigenvalue weighted by atomic mass is 32.2. The van der Waals surface area contributed by atoms with Crippen LogP contribution in [0.3, 0.4) is 0 Å². The minimum absolute atomic E-state index is 0.156. The van der Waals surface area contributed by atoms with E-state index in [9.17, 15) is 0 Å². The largest absolute Gasteiger partial charge is 0.371 e. The lowest BCUT2D eigenvalue weighted by Crippen LogP contribution is -2.07. The van der Waals surface area contributed by atoms with Crippen molar-refractivity contribution in [3.63, 3.8) is 0 Å². The Morgan fingerprint density at radius 1 is 1.19 bits per heavy atom. The van der Waals surface area contributed by atoms with E-state index in [1.165, 1.54) is 24.2 Å². The maximum atomic E-state index is 5.53. The Hall–Kier alpha value is -2.12. The van der Waals surface area contributed by atoms with E-state index in [1.54, 1.807) is 11.8 Å². The van der Waals surface area contributed by atoms with E-state index >= 15 is 0 Å². The smallest absolute Gasteiger partial charge is 0.237 e. The van der Waals surface area contributed by atoms with E-state index in [-0.39, 0.29) is 6.10 Å². The predicted molar refractivity (Wildman–Crippen MR) is 104 cm³/mol. The molecule has 0 N–H and O–H groups in total. The average molecular weight is 385 g/mol. The molecule has 0 fully saturated rings. The standard InChI is InChI=1S/C20H24N4O2S/c1-3-25-14(2)19-22-18(26-23-19)13-27-20-21-16-11-7-8-12-17(16)24(20)15-9-5-4-6-10-15/h4-6,9-10,14H,3,7-8,11-13H2,1-2H3. The van der Waals surface area contributed by atoms with Gasteiger partial charge in [-0.2, -0.15) is 4.98 Å². The van der Waals surface area contributed by atoms with Crippen molar-refractivity contribution in [1.82, 2.24) is 19.7 Å². The summed E-state index contributed by atoms with van der Waals surface area (Å²) >= 11 is 1.64. The zero-order valence-corrected chi connectivity index (χ0v) is 16.5. The Bertz CT molecular complexity index is 891. The molecule has 0 saturated heterocycles. The van der Waals surface area contributed by atoms with Crippen molar-refractivity contribution in [3.05, 3.63) is 53.4 Å². The van der Waals surface area contributed by atoms with Crippen LogP contribution in [0.1, 0.15) is 55.9 Å². The second-order valence-electron chi connectivity index (χ2n) is 6.60. The summed E-state index contributed by atoms with van der Waals surface area (Å²) in [5.74, 6) is 1.79. The molecule has 0 bridgehead atoms. The van der Waals surface area contributed by atoms with Crippen molar-refractivity contribution >= 4 is 11.8 Å². The number of nitrogens with zero attached hydrogens (tertiary/aromatic N) is 4. The fourth-order valence-electron chi connectivity index (χ4n) is 3.40. The third-order valence-corrected chi connectivity index (χ3v) is 5.63. The third kappa shape index (κ3) is 3.94. The molecule has 1 aliphatic rings. The van der Waals surface area contributed by atoms with Gasteiger partial charge in [0.2, 0.25) is 5.89 Å². The van der Waals surface area contributed by atoms with Crippen molar-refractivity contribution in [2.45, 2.75) is 56.5 Å². The van der Waals surface area contributed by atoms with Crippen LogP contribution in [0.4, 0.5) is 0 Å². The van der Waals surface area contributed by atoms with E-state index < -0.39 is 0 Å². The number of imidazole rings is 1. The summed E-state index contributed by atoms with van der Waals surface area (Å²) in [5.41, 5.74) is 3.72. The molecule has 27 heavy (non-hydrogen) atoms. The first-order valence-electron chi connectivity index (χ1n) is 9.49. The number of thioether (sulfide) groups is 1. The van der Waals surface area contributed by atoms with Crippen LogP contribution in [0.25, 0.3) is 5.69 Å². The molecule has 1 atom stereocenters. The lowest BCUT2D eigenvalue weighted by atomic mass is 10.0. The van der Waals surface area contributed by atoms with Gasteiger partial charge in [-0.25, -0.2) is 4.98 Å². The van der Waals surface area contributed by atoms with Crippen molar-refractivity contribution < 1.29 is 9.26 Å². The second-order valence-corrected chi connectivity index (χ2v) is 7.54. The van der Waals surface area contributed by atoms with Crippen molar-refractivity contribution in [3.8, 4) is 5.69 Å². The lowest BCUT2D eigenvalue weighted by molar-refractivity contribution is 0.0683. The van der Waals surface area contributed by atoms with Gasteiger partial charge in [0.1, 0.15) is 6.10 Å². The minimum atomic E-state index is -0.156.